The average Bonchev–Trinajstić information content (AvgIpc) is 2.46. The molecule has 1 aromatic carbocycles. The molecule has 4 nitrogen and oxygen atoms in total. The fourth-order valence-corrected chi connectivity index (χ4v) is 1.99. The summed E-state index contributed by atoms with van der Waals surface area (Å²) in [6, 6.07) is 7.11. The first-order valence-electron chi connectivity index (χ1n) is 6.34. The van der Waals surface area contributed by atoms with Crippen LogP contribution in [0.4, 0.5) is 14.6 Å². The Morgan fingerprint density at radius 3 is 2.71 bits per heavy atom. The molecule has 0 bridgehead atoms. The number of nitrogens with zero attached hydrogens (tertiary/aromatic N) is 2. The number of carbonyl (C=O) groups is 1. The van der Waals surface area contributed by atoms with Gasteiger partial charge in [-0.15, -0.1) is 0 Å². The molecule has 1 heterocycles. The maximum Gasteiger partial charge on any atom is 0.257 e. The van der Waals surface area contributed by atoms with Crippen molar-refractivity contribution < 1.29 is 13.6 Å². The lowest BCUT2D eigenvalue weighted by molar-refractivity contribution is 0.0785. The summed E-state index contributed by atoms with van der Waals surface area (Å²) in [5.74, 6) is -1.05. The fraction of sp³-hybridized carbons (Fsp3) is 0.200. The Balaban J connectivity index is 2.21. The molecule has 1 N–H and O–H groups in total. The van der Waals surface area contributed by atoms with Crippen LogP contribution in [0.1, 0.15) is 15.9 Å². The molecule has 0 aliphatic carbocycles. The molecule has 1 aromatic heterocycles. The van der Waals surface area contributed by atoms with Crippen molar-refractivity contribution >= 4 is 11.7 Å². The van der Waals surface area contributed by atoms with Crippen LogP contribution in [-0.2, 0) is 6.54 Å². The van der Waals surface area contributed by atoms with Crippen molar-refractivity contribution in [3.05, 3.63) is 59.3 Å². The molecule has 0 spiro atoms. The highest BCUT2D eigenvalue weighted by Crippen LogP contribution is 2.16. The predicted octanol–water partition coefficient (Wildman–Crippen LogP) is 2.67. The van der Waals surface area contributed by atoms with Gasteiger partial charge in [-0.2, -0.15) is 0 Å². The largest absolute Gasteiger partial charge is 0.372 e. The van der Waals surface area contributed by atoms with Gasteiger partial charge in [0.05, 0.1) is 11.8 Å². The molecule has 0 aliphatic heterocycles. The van der Waals surface area contributed by atoms with E-state index in [9.17, 15) is 13.6 Å². The Bertz CT molecular complexity index is 661. The van der Waals surface area contributed by atoms with Gasteiger partial charge in [-0.25, -0.2) is 13.8 Å². The highest BCUT2D eigenvalue weighted by Gasteiger charge is 2.17. The number of anilines is 1. The lowest BCUT2D eigenvalue weighted by Gasteiger charge is -2.18. The van der Waals surface area contributed by atoms with Crippen LogP contribution in [0.15, 0.2) is 36.5 Å². The molecule has 110 valence electrons. The molecule has 6 heteroatoms. The Hall–Kier alpha value is -2.50. The second-order valence-electron chi connectivity index (χ2n) is 4.59. The number of rotatable bonds is 4. The summed E-state index contributed by atoms with van der Waals surface area (Å²) in [4.78, 5) is 17.6. The summed E-state index contributed by atoms with van der Waals surface area (Å²) in [7, 11) is 3.17. The smallest absolute Gasteiger partial charge is 0.257 e. The van der Waals surface area contributed by atoms with Gasteiger partial charge < -0.3 is 10.2 Å². The molecule has 0 fully saturated rings. The zero-order chi connectivity index (χ0) is 15.4. The molecule has 21 heavy (non-hydrogen) atoms. The molecule has 1 amide bonds. The second-order valence-corrected chi connectivity index (χ2v) is 4.59. The normalized spacial score (nSPS) is 10.3. The molecule has 2 aromatic rings. The topological polar surface area (TPSA) is 45.2 Å². The molecule has 0 atom stereocenters. The summed E-state index contributed by atoms with van der Waals surface area (Å²) in [5, 5.41) is 2.75. The number of hydrogen-bond acceptors (Lipinski definition) is 3. The summed E-state index contributed by atoms with van der Waals surface area (Å²) in [6.45, 7) is 0.219. The van der Waals surface area contributed by atoms with Gasteiger partial charge in [0.1, 0.15) is 17.5 Å². The van der Waals surface area contributed by atoms with E-state index in [0.717, 1.165) is 12.3 Å². The van der Waals surface area contributed by atoms with E-state index in [1.807, 2.05) is 0 Å². The zero-order valence-electron chi connectivity index (χ0n) is 11.7. The summed E-state index contributed by atoms with van der Waals surface area (Å²) < 4.78 is 26.4. The van der Waals surface area contributed by atoms with E-state index in [-0.39, 0.29) is 17.9 Å². The maximum atomic E-state index is 13.3. The van der Waals surface area contributed by atoms with Crippen LogP contribution < -0.4 is 5.32 Å². The van der Waals surface area contributed by atoms with Crippen LogP contribution in [0, 0.1) is 11.6 Å². The Morgan fingerprint density at radius 2 is 2.05 bits per heavy atom. The average molecular weight is 291 g/mol. The standard InChI is InChI=1S/C15H15F2N3O/c1-18-14-13(7-12(17)8-19-14)15(21)20(2)9-10-4-3-5-11(16)6-10/h3-8H,9H2,1-2H3,(H,18,19). The summed E-state index contributed by atoms with van der Waals surface area (Å²) >= 11 is 0. The number of aromatic nitrogens is 1. The number of halogens is 2. The first-order chi connectivity index (χ1) is 10.0. The van der Waals surface area contributed by atoms with E-state index < -0.39 is 11.7 Å². The van der Waals surface area contributed by atoms with E-state index in [1.54, 1.807) is 26.2 Å². The van der Waals surface area contributed by atoms with E-state index >= 15 is 0 Å². The molecular formula is C15H15F2N3O. The van der Waals surface area contributed by atoms with Gasteiger partial charge in [-0.1, -0.05) is 12.1 Å². The highest BCUT2D eigenvalue weighted by molar-refractivity contribution is 5.98. The Labute approximate surface area is 121 Å². The van der Waals surface area contributed by atoms with Crippen LogP contribution in [-0.4, -0.2) is 29.9 Å². The zero-order valence-corrected chi connectivity index (χ0v) is 11.7. The highest BCUT2D eigenvalue weighted by atomic mass is 19.1. The summed E-state index contributed by atoms with van der Waals surface area (Å²) in [6.07, 6.45) is 1.04. The second kappa shape index (κ2) is 6.30. The van der Waals surface area contributed by atoms with Gasteiger partial charge in [-0.05, 0) is 23.8 Å². The number of pyridine rings is 1. The number of amides is 1. The van der Waals surface area contributed by atoms with Gasteiger partial charge in [0.25, 0.3) is 5.91 Å². The van der Waals surface area contributed by atoms with Crippen molar-refractivity contribution in [3.63, 3.8) is 0 Å². The van der Waals surface area contributed by atoms with Crippen LogP contribution in [0.25, 0.3) is 0 Å². The molecule has 2 rings (SSSR count). The monoisotopic (exact) mass is 291 g/mol. The van der Waals surface area contributed by atoms with Crippen molar-refractivity contribution in [2.24, 2.45) is 0 Å². The van der Waals surface area contributed by atoms with Crippen LogP contribution >= 0.6 is 0 Å². The minimum atomic E-state index is -0.587. The molecule has 0 aliphatic rings. The molecule has 0 unspecified atom stereocenters. The van der Waals surface area contributed by atoms with Crippen LogP contribution in [0.5, 0.6) is 0 Å². The van der Waals surface area contributed by atoms with Crippen molar-refractivity contribution in [1.29, 1.82) is 0 Å². The third-order valence-electron chi connectivity index (χ3n) is 2.98. The third kappa shape index (κ3) is 3.53. The number of carbonyl (C=O) groups excluding carboxylic acids is 1. The van der Waals surface area contributed by atoms with Crippen LogP contribution in [0.3, 0.4) is 0 Å². The van der Waals surface area contributed by atoms with Gasteiger partial charge in [-0.3, -0.25) is 4.79 Å². The first kappa shape index (κ1) is 14.9. The molecule has 0 radical (unpaired) electrons. The lowest BCUT2D eigenvalue weighted by Crippen LogP contribution is -2.27. The van der Waals surface area contributed by atoms with Crippen LogP contribution in [0.2, 0.25) is 0 Å². The fourth-order valence-electron chi connectivity index (χ4n) is 1.99. The van der Waals surface area contributed by atoms with Crippen molar-refractivity contribution in [3.8, 4) is 0 Å². The maximum absolute atomic E-state index is 13.3. The Kier molecular flexibility index (Phi) is 4.47. The van der Waals surface area contributed by atoms with E-state index in [4.69, 9.17) is 0 Å². The minimum Gasteiger partial charge on any atom is -0.372 e. The van der Waals surface area contributed by atoms with Crippen molar-refractivity contribution in [2.75, 3.05) is 19.4 Å². The van der Waals surface area contributed by atoms with Crippen molar-refractivity contribution in [2.45, 2.75) is 6.54 Å². The SMILES string of the molecule is CNc1ncc(F)cc1C(=O)N(C)Cc1cccc(F)c1. The minimum absolute atomic E-state index is 0.136. The van der Waals surface area contributed by atoms with E-state index in [1.165, 1.54) is 17.0 Å². The first-order valence-corrected chi connectivity index (χ1v) is 6.34. The lowest BCUT2D eigenvalue weighted by atomic mass is 10.2. The van der Waals surface area contributed by atoms with Gasteiger partial charge in [0, 0.05) is 20.6 Å². The van der Waals surface area contributed by atoms with Gasteiger partial charge in [0.2, 0.25) is 0 Å². The van der Waals surface area contributed by atoms with E-state index in [2.05, 4.69) is 10.3 Å². The number of hydrogen-bond donors (Lipinski definition) is 1. The van der Waals surface area contributed by atoms with E-state index in [0.29, 0.717) is 11.4 Å². The Morgan fingerprint density at radius 1 is 1.29 bits per heavy atom. The summed E-state index contributed by atoms with van der Waals surface area (Å²) in [5.41, 5.74) is 0.789. The molecule has 0 saturated carbocycles. The van der Waals surface area contributed by atoms with Crippen molar-refractivity contribution in [1.82, 2.24) is 9.88 Å². The molecular weight excluding hydrogens is 276 g/mol. The molecule has 0 saturated heterocycles. The quantitative estimate of drug-likeness (QED) is 0.942. The predicted molar refractivity (Wildman–Crippen MR) is 75.9 cm³/mol. The third-order valence-corrected chi connectivity index (χ3v) is 2.98. The van der Waals surface area contributed by atoms with Gasteiger partial charge >= 0.3 is 0 Å². The number of nitrogens with one attached hydrogen (secondary N) is 1. The number of benzene rings is 1. The van der Waals surface area contributed by atoms with Gasteiger partial charge in [0.15, 0.2) is 0 Å².